The van der Waals surface area contributed by atoms with Crippen LogP contribution in [0.5, 0.6) is 0 Å². The van der Waals surface area contributed by atoms with Crippen LogP contribution in [0.4, 0.5) is 18.2 Å². The molecule has 2 heterocycles. The number of alkyl halides is 3. The highest BCUT2D eigenvalue weighted by Crippen LogP contribution is 2.31. The topological polar surface area (TPSA) is 62.1 Å². The molecule has 0 unspecified atom stereocenters. The number of halogens is 3. The molecule has 0 atom stereocenters. The lowest BCUT2D eigenvalue weighted by atomic mass is 10.1. The summed E-state index contributed by atoms with van der Waals surface area (Å²) in [4.78, 5) is 17.6. The zero-order chi connectivity index (χ0) is 15.6. The summed E-state index contributed by atoms with van der Waals surface area (Å²) in [6.45, 7) is 0.357. The minimum absolute atomic E-state index is 0.0397. The molecule has 0 aromatic carbocycles. The SMILES string of the molecule is CN(CCO)c1ccc(/C=C2\C(=O)ON=C2C(F)(F)F)s1. The maximum Gasteiger partial charge on any atom is 0.437 e. The van der Waals surface area contributed by atoms with Gasteiger partial charge in [-0.05, 0) is 18.2 Å². The second kappa shape index (κ2) is 5.86. The standard InChI is InChI=1S/C12H11F3N2O3S/c1-17(4-5-18)9-3-2-7(21-9)6-8-10(12(13,14)15)16-20-11(8)19/h2-3,6,18H,4-5H2,1H3/b8-6-. The molecule has 1 N–H and O–H groups in total. The van der Waals surface area contributed by atoms with Crippen molar-refractivity contribution in [2.75, 3.05) is 25.1 Å². The second-order valence-corrected chi connectivity index (χ2v) is 5.29. The van der Waals surface area contributed by atoms with Crippen molar-refractivity contribution in [3.05, 3.63) is 22.6 Å². The lowest BCUT2D eigenvalue weighted by molar-refractivity contribution is -0.136. The minimum atomic E-state index is -4.74. The smallest absolute Gasteiger partial charge is 0.395 e. The maximum atomic E-state index is 12.7. The van der Waals surface area contributed by atoms with Gasteiger partial charge < -0.3 is 14.8 Å². The van der Waals surface area contributed by atoms with Crippen molar-refractivity contribution in [3.8, 4) is 0 Å². The second-order valence-electron chi connectivity index (χ2n) is 4.20. The Morgan fingerprint density at radius 2 is 2.19 bits per heavy atom. The van der Waals surface area contributed by atoms with Crippen LogP contribution >= 0.6 is 11.3 Å². The highest BCUT2D eigenvalue weighted by Gasteiger charge is 2.45. The van der Waals surface area contributed by atoms with Gasteiger partial charge in [0.25, 0.3) is 0 Å². The van der Waals surface area contributed by atoms with E-state index in [1.807, 2.05) is 0 Å². The van der Waals surface area contributed by atoms with Gasteiger partial charge in [-0.3, -0.25) is 0 Å². The third-order valence-corrected chi connectivity index (χ3v) is 3.82. The molecule has 0 spiro atoms. The zero-order valence-corrected chi connectivity index (χ0v) is 11.7. The number of carbonyl (C=O) groups is 1. The Labute approximate surface area is 121 Å². The molecule has 9 heteroatoms. The Kier molecular flexibility index (Phi) is 4.33. The van der Waals surface area contributed by atoms with Crippen LogP contribution in [0.2, 0.25) is 0 Å². The molecule has 1 aromatic heterocycles. The number of hydrogen-bond donors (Lipinski definition) is 1. The molecule has 0 amide bonds. The average molecular weight is 320 g/mol. The van der Waals surface area contributed by atoms with Crippen LogP contribution in [0, 0.1) is 0 Å². The van der Waals surface area contributed by atoms with E-state index >= 15 is 0 Å². The van der Waals surface area contributed by atoms with Crippen molar-refractivity contribution in [1.82, 2.24) is 0 Å². The number of nitrogens with zero attached hydrogens (tertiary/aromatic N) is 2. The number of rotatable bonds is 4. The van der Waals surface area contributed by atoms with Crippen molar-refractivity contribution < 1.29 is 27.9 Å². The van der Waals surface area contributed by atoms with Crippen LogP contribution in [0.1, 0.15) is 4.88 Å². The quantitative estimate of drug-likeness (QED) is 0.681. The molecule has 1 aromatic rings. The fourth-order valence-electron chi connectivity index (χ4n) is 1.64. The molecule has 1 aliphatic rings. The number of aliphatic hydroxyl groups excluding tert-OH is 1. The van der Waals surface area contributed by atoms with E-state index in [1.54, 1.807) is 24.1 Å². The summed E-state index contributed by atoms with van der Waals surface area (Å²) in [5.74, 6) is -1.12. The lowest BCUT2D eigenvalue weighted by Gasteiger charge is -2.14. The average Bonchev–Trinajstić information content (AvgIpc) is 2.98. The molecule has 0 fully saturated rings. The van der Waals surface area contributed by atoms with Crippen LogP contribution in [0.25, 0.3) is 6.08 Å². The first-order valence-corrected chi connectivity index (χ1v) is 6.65. The molecule has 21 heavy (non-hydrogen) atoms. The molecular weight excluding hydrogens is 309 g/mol. The Morgan fingerprint density at radius 1 is 1.48 bits per heavy atom. The van der Waals surface area contributed by atoms with E-state index in [-0.39, 0.29) is 6.61 Å². The predicted octanol–water partition coefficient (Wildman–Crippen LogP) is 2.04. The van der Waals surface area contributed by atoms with Gasteiger partial charge in [-0.2, -0.15) is 13.2 Å². The van der Waals surface area contributed by atoms with Crippen LogP contribution in [-0.2, 0) is 9.63 Å². The molecule has 1 aliphatic heterocycles. The Morgan fingerprint density at radius 3 is 2.81 bits per heavy atom. The highest BCUT2D eigenvalue weighted by atomic mass is 32.1. The third kappa shape index (κ3) is 3.42. The van der Waals surface area contributed by atoms with E-state index in [1.165, 1.54) is 11.3 Å². The van der Waals surface area contributed by atoms with Crippen LogP contribution < -0.4 is 4.90 Å². The van der Waals surface area contributed by atoms with Crippen molar-refractivity contribution in [3.63, 3.8) is 0 Å². The minimum Gasteiger partial charge on any atom is -0.395 e. The number of carbonyl (C=O) groups excluding carboxylic acids is 1. The van der Waals surface area contributed by atoms with Gasteiger partial charge >= 0.3 is 12.1 Å². The van der Waals surface area contributed by atoms with Crippen LogP contribution in [0.3, 0.4) is 0 Å². The number of thiophene rings is 1. The monoisotopic (exact) mass is 320 g/mol. The molecular formula is C12H11F3N2O3S. The predicted molar refractivity (Wildman–Crippen MR) is 72.2 cm³/mol. The van der Waals surface area contributed by atoms with Crippen LogP contribution in [-0.4, -0.2) is 43.2 Å². The van der Waals surface area contributed by atoms with Crippen molar-refractivity contribution in [1.29, 1.82) is 0 Å². The van der Waals surface area contributed by atoms with Crippen molar-refractivity contribution in [2.45, 2.75) is 6.18 Å². The Balaban J connectivity index is 2.27. The van der Waals surface area contributed by atoms with Crippen molar-refractivity contribution >= 4 is 34.1 Å². The summed E-state index contributed by atoms with van der Waals surface area (Å²) in [5.41, 5.74) is -1.94. The molecule has 0 bridgehead atoms. The van der Waals surface area contributed by atoms with Gasteiger partial charge in [-0.1, -0.05) is 5.16 Å². The molecule has 5 nitrogen and oxygen atoms in total. The van der Waals surface area contributed by atoms with Gasteiger partial charge in [0.2, 0.25) is 0 Å². The number of aliphatic hydroxyl groups is 1. The van der Waals surface area contributed by atoms with Gasteiger partial charge in [0.05, 0.1) is 17.2 Å². The number of hydrogen-bond acceptors (Lipinski definition) is 6. The van der Waals surface area contributed by atoms with Gasteiger partial charge in [-0.25, -0.2) is 4.79 Å². The number of anilines is 1. The summed E-state index contributed by atoms with van der Waals surface area (Å²) in [6, 6.07) is 3.28. The fourth-order valence-corrected chi connectivity index (χ4v) is 2.58. The van der Waals surface area contributed by atoms with E-state index in [0.29, 0.717) is 11.4 Å². The molecule has 2 rings (SSSR count). The zero-order valence-electron chi connectivity index (χ0n) is 10.8. The van der Waals surface area contributed by atoms with Crippen LogP contribution in [0.15, 0.2) is 22.9 Å². The summed E-state index contributed by atoms with van der Waals surface area (Å²) in [6.07, 6.45) is -3.64. The van der Waals surface area contributed by atoms with E-state index in [2.05, 4.69) is 9.99 Å². The lowest BCUT2D eigenvalue weighted by Crippen LogP contribution is -2.24. The summed E-state index contributed by atoms with van der Waals surface area (Å²) >= 11 is 1.19. The molecule has 0 aliphatic carbocycles. The molecule has 0 radical (unpaired) electrons. The summed E-state index contributed by atoms with van der Waals surface area (Å²) in [7, 11) is 1.74. The first-order chi connectivity index (χ1) is 9.82. The molecule has 0 saturated carbocycles. The number of likely N-dealkylation sites (N-methyl/N-ethyl adjacent to an activating group) is 1. The fraction of sp³-hybridized carbons (Fsp3) is 0.333. The van der Waals surface area contributed by atoms with Gasteiger partial charge in [0.15, 0.2) is 5.71 Å². The summed E-state index contributed by atoms with van der Waals surface area (Å²) < 4.78 is 38.1. The first kappa shape index (κ1) is 15.5. The van der Waals surface area contributed by atoms with Gasteiger partial charge in [-0.15, -0.1) is 11.3 Å². The Hall–Kier alpha value is -1.87. The van der Waals surface area contributed by atoms with Crippen molar-refractivity contribution in [2.24, 2.45) is 5.16 Å². The molecule has 114 valence electrons. The van der Waals surface area contributed by atoms with E-state index in [9.17, 15) is 18.0 Å². The first-order valence-electron chi connectivity index (χ1n) is 5.83. The largest absolute Gasteiger partial charge is 0.437 e. The Bertz CT molecular complexity index is 607. The van der Waals surface area contributed by atoms with Gasteiger partial charge in [0, 0.05) is 18.5 Å². The maximum absolute atomic E-state index is 12.7. The summed E-state index contributed by atoms with van der Waals surface area (Å²) in [5, 5.41) is 12.4. The third-order valence-electron chi connectivity index (χ3n) is 2.67. The van der Waals surface area contributed by atoms with Gasteiger partial charge in [0.1, 0.15) is 0 Å². The van der Waals surface area contributed by atoms with E-state index in [0.717, 1.165) is 11.1 Å². The highest BCUT2D eigenvalue weighted by molar-refractivity contribution is 7.17. The van der Waals surface area contributed by atoms with E-state index in [4.69, 9.17) is 5.11 Å². The normalized spacial score (nSPS) is 17.1. The number of oxime groups is 1. The van der Waals surface area contributed by atoms with E-state index < -0.39 is 23.4 Å². The molecule has 0 saturated heterocycles.